The molecule has 0 spiro atoms. The summed E-state index contributed by atoms with van der Waals surface area (Å²) in [6, 6.07) is -0.133. The van der Waals surface area contributed by atoms with Gasteiger partial charge in [-0.25, -0.2) is 9.97 Å². The maximum atomic E-state index is 13.4. The molecule has 1 N–H and O–H groups in total. The summed E-state index contributed by atoms with van der Waals surface area (Å²) in [7, 11) is 2.12. The minimum atomic E-state index is -0.133. The molecule has 1 saturated carbocycles. The van der Waals surface area contributed by atoms with Gasteiger partial charge in [-0.15, -0.1) is 0 Å². The summed E-state index contributed by atoms with van der Waals surface area (Å²) in [5.74, 6) is 3.31. The Morgan fingerprint density at radius 3 is 2.54 bits per heavy atom. The predicted octanol–water partition coefficient (Wildman–Crippen LogP) is 4.47. The number of aryl methyl sites for hydroxylation is 1. The van der Waals surface area contributed by atoms with Crippen LogP contribution in [-0.4, -0.2) is 56.0 Å². The molecule has 8 heteroatoms. The van der Waals surface area contributed by atoms with E-state index in [2.05, 4.69) is 32.9 Å². The van der Waals surface area contributed by atoms with Gasteiger partial charge >= 0.3 is 0 Å². The summed E-state index contributed by atoms with van der Waals surface area (Å²) < 4.78 is 2.22. The summed E-state index contributed by atoms with van der Waals surface area (Å²) in [4.78, 5) is 32.4. The number of anilines is 3. The molecule has 2 saturated heterocycles. The van der Waals surface area contributed by atoms with Crippen LogP contribution in [0.25, 0.3) is 0 Å². The number of hydrogen-bond donors (Lipinski definition) is 1. The topological polar surface area (TPSA) is 79.2 Å². The van der Waals surface area contributed by atoms with E-state index in [1.807, 2.05) is 0 Å². The van der Waals surface area contributed by atoms with Crippen LogP contribution in [0.15, 0.2) is 6.20 Å². The van der Waals surface area contributed by atoms with Crippen molar-refractivity contribution in [2.75, 3.05) is 29.9 Å². The summed E-state index contributed by atoms with van der Waals surface area (Å²) in [5.41, 5.74) is 3.68. The normalized spacial score (nSPS) is 23.1. The van der Waals surface area contributed by atoms with Crippen molar-refractivity contribution in [3.05, 3.63) is 23.1 Å². The number of piperidine rings is 1. The monoisotopic (exact) mass is 477 g/mol. The Balaban J connectivity index is 1.27. The molecule has 3 fully saturated rings. The number of aromatic nitrogens is 4. The number of nitrogens with one attached hydrogen (secondary N) is 1. The van der Waals surface area contributed by atoms with E-state index in [0.717, 1.165) is 82.0 Å². The van der Waals surface area contributed by atoms with E-state index in [0.29, 0.717) is 11.9 Å². The second-order valence-corrected chi connectivity index (χ2v) is 10.9. The van der Waals surface area contributed by atoms with Gasteiger partial charge in [-0.2, -0.15) is 4.98 Å². The van der Waals surface area contributed by atoms with Gasteiger partial charge in [0.15, 0.2) is 0 Å². The lowest BCUT2D eigenvalue weighted by Crippen LogP contribution is -2.48. The first kappa shape index (κ1) is 22.8. The minimum absolute atomic E-state index is 0.133. The van der Waals surface area contributed by atoms with Crippen molar-refractivity contribution in [3.63, 3.8) is 0 Å². The van der Waals surface area contributed by atoms with Crippen LogP contribution in [0.2, 0.25) is 0 Å². The Kier molecular flexibility index (Phi) is 6.37. The molecule has 2 aromatic rings. The molecule has 2 aromatic heterocycles. The van der Waals surface area contributed by atoms with Gasteiger partial charge < -0.3 is 19.7 Å². The van der Waals surface area contributed by atoms with Gasteiger partial charge in [-0.3, -0.25) is 4.79 Å². The van der Waals surface area contributed by atoms with Crippen LogP contribution in [0.3, 0.4) is 0 Å². The van der Waals surface area contributed by atoms with E-state index in [4.69, 9.17) is 15.0 Å². The first-order valence-corrected chi connectivity index (χ1v) is 13.9. The highest BCUT2D eigenvalue weighted by Gasteiger charge is 2.36. The summed E-state index contributed by atoms with van der Waals surface area (Å²) in [6.45, 7) is 2.63. The minimum Gasteiger partial charge on any atom is -0.341 e. The smallest absolute Gasteiger partial charge is 0.245 e. The van der Waals surface area contributed by atoms with Crippen molar-refractivity contribution in [1.29, 1.82) is 0 Å². The quantitative estimate of drug-likeness (QED) is 0.684. The highest BCUT2D eigenvalue weighted by atomic mass is 16.2. The molecular weight excluding hydrogens is 438 g/mol. The van der Waals surface area contributed by atoms with Crippen molar-refractivity contribution in [3.8, 4) is 0 Å². The zero-order valence-electron chi connectivity index (χ0n) is 21.1. The molecule has 8 nitrogen and oxygen atoms in total. The van der Waals surface area contributed by atoms with Crippen molar-refractivity contribution < 1.29 is 4.79 Å². The molecule has 0 unspecified atom stereocenters. The molecule has 35 heavy (non-hydrogen) atoms. The molecule has 1 amide bonds. The van der Waals surface area contributed by atoms with E-state index < -0.39 is 0 Å². The van der Waals surface area contributed by atoms with E-state index in [1.165, 1.54) is 49.8 Å². The molecular formula is C27H39N7O. The standard InChI is InChI=1S/C27H39N7O/c1-32-23(19-10-4-2-5-11-19)18-28-26(32)30-24-20-12-8-13-21(20)29-27(31-24)34-17-9-14-22(34)25(35)33-15-6-3-7-16-33/h18-19,22H,2-17H2,1H3,(H,28,29,30,31)/t22-/m1/s1. The highest BCUT2D eigenvalue weighted by Crippen LogP contribution is 2.36. The van der Waals surface area contributed by atoms with E-state index in [-0.39, 0.29) is 11.9 Å². The maximum Gasteiger partial charge on any atom is 0.245 e. The van der Waals surface area contributed by atoms with Crippen LogP contribution >= 0.6 is 0 Å². The second-order valence-electron chi connectivity index (χ2n) is 10.9. The average molecular weight is 478 g/mol. The van der Waals surface area contributed by atoms with E-state index in [1.54, 1.807) is 0 Å². The number of hydrogen-bond acceptors (Lipinski definition) is 6. The largest absolute Gasteiger partial charge is 0.341 e. The van der Waals surface area contributed by atoms with Crippen molar-refractivity contribution in [2.24, 2.45) is 7.05 Å². The Morgan fingerprint density at radius 2 is 1.71 bits per heavy atom. The first-order valence-electron chi connectivity index (χ1n) is 13.9. The molecule has 4 aliphatic rings. The highest BCUT2D eigenvalue weighted by molar-refractivity contribution is 5.85. The lowest BCUT2D eigenvalue weighted by molar-refractivity contribution is -0.133. The molecule has 0 aromatic carbocycles. The second kappa shape index (κ2) is 9.78. The average Bonchev–Trinajstić information content (AvgIpc) is 3.65. The lowest BCUT2D eigenvalue weighted by Gasteiger charge is -2.32. The zero-order valence-corrected chi connectivity index (χ0v) is 21.1. The van der Waals surface area contributed by atoms with Gasteiger partial charge in [0.1, 0.15) is 11.9 Å². The SMILES string of the molecule is Cn1c(C2CCCCC2)cnc1Nc1nc(N2CCC[C@@H]2C(=O)N2CCCCC2)nc2c1CCC2. The third-order valence-corrected chi connectivity index (χ3v) is 8.66. The number of nitrogens with zero attached hydrogens (tertiary/aromatic N) is 6. The molecule has 0 radical (unpaired) electrons. The van der Waals surface area contributed by atoms with Crippen LogP contribution in [0.5, 0.6) is 0 Å². The molecule has 1 atom stereocenters. The number of fused-ring (bicyclic) bond motifs is 1. The fourth-order valence-corrected chi connectivity index (χ4v) is 6.66. The van der Waals surface area contributed by atoms with Crippen molar-refractivity contribution >= 4 is 23.6 Å². The molecule has 0 bridgehead atoms. The summed E-state index contributed by atoms with van der Waals surface area (Å²) >= 11 is 0. The van der Waals surface area contributed by atoms with Crippen LogP contribution in [-0.2, 0) is 24.7 Å². The Morgan fingerprint density at radius 1 is 0.914 bits per heavy atom. The van der Waals surface area contributed by atoms with Gasteiger partial charge in [-0.1, -0.05) is 19.3 Å². The van der Waals surface area contributed by atoms with Gasteiger partial charge in [0, 0.05) is 43.9 Å². The molecule has 188 valence electrons. The summed E-state index contributed by atoms with van der Waals surface area (Å²) in [5, 5.41) is 3.58. The summed E-state index contributed by atoms with van der Waals surface area (Å²) in [6.07, 6.45) is 17.0. The predicted molar refractivity (Wildman–Crippen MR) is 137 cm³/mol. The molecule has 2 aliphatic carbocycles. The number of imidazole rings is 1. The van der Waals surface area contributed by atoms with Gasteiger partial charge in [0.05, 0.1) is 11.9 Å². The van der Waals surface area contributed by atoms with E-state index >= 15 is 0 Å². The van der Waals surface area contributed by atoms with Gasteiger partial charge in [0.2, 0.25) is 17.8 Å². The number of carbonyl (C=O) groups is 1. The lowest BCUT2D eigenvalue weighted by atomic mass is 9.87. The molecule has 4 heterocycles. The Bertz CT molecular complexity index is 1070. The zero-order chi connectivity index (χ0) is 23.8. The van der Waals surface area contributed by atoms with Crippen LogP contribution in [0.4, 0.5) is 17.7 Å². The maximum absolute atomic E-state index is 13.4. The van der Waals surface area contributed by atoms with Gasteiger partial charge in [0.25, 0.3) is 0 Å². The Hall–Kier alpha value is -2.64. The van der Waals surface area contributed by atoms with Gasteiger partial charge in [-0.05, 0) is 64.2 Å². The number of amides is 1. The van der Waals surface area contributed by atoms with Crippen LogP contribution in [0, 0.1) is 0 Å². The number of rotatable bonds is 5. The first-order chi connectivity index (χ1) is 17.2. The third kappa shape index (κ3) is 4.40. The third-order valence-electron chi connectivity index (χ3n) is 8.66. The molecule has 2 aliphatic heterocycles. The van der Waals surface area contributed by atoms with Crippen LogP contribution < -0.4 is 10.2 Å². The fraction of sp³-hybridized carbons (Fsp3) is 0.704. The fourth-order valence-electron chi connectivity index (χ4n) is 6.66. The van der Waals surface area contributed by atoms with Crippen LogP contribution in [0.1, 0.15) is 93.5 Å². The molecule has 6 rings (SSSR count). The number of carbonyl (C=O) groups excluding carboxylic acids is 1. The number of likely N-dealkylation sites (tertiary alicyclic amines) is 1. The van der Waals surface area contributed by atoms with Crippen molar-refractivity contribution in [1.82, 2.24) is 24.4 Å². The Labute approximate surface area is 208 Å². The van der Waals surface area contributed by atoms with E-state index in [9.17, 15) is 4.79 Å². The van der Waals surface area contributed by atoms with Crippen molar-refractivity contribution in [2.45, 2.75) is 95.4 Å².